The molecule has 0 aliphatic heterocycles. The summed E-state index contributed by atoms with van der Waals surface area (Å²) in [6, 6.07) is 6.63. The third-order valence-corrected chi connectivity index (χ3v) is 12.3. The summed E-state index contributed by atoms with van der Waals surface area (Å²) in [5, 5.41) is 1.42. The van der Waals surface area contributed by atoms with Gasteiger partial charge in [0.15, 0.2) is 0 Å². The molecule has 0 heterocycles. The maximum absolute atomic E-state index is 6.83. The summed E-state index contributed by atoms with van der Waals surface area (Å²) in [5.41, 5.74) is 3.62. The van der Waals surface area contributed by atoms with E-state index in [4.69, 9.17) is 21.1 Å². The number of hydrogen-bond donors (Lipinski definition) is 0. The van der Waals surface area contributed by atoms with Crippen molar-refractivity contribution in [2.45, 2.75) is 89.4 Å². The first-order valence-electron chi connectivity index (χ1n) is 11.0. The van der Waals surface area contributed by atoms with Gasteiger partial charge >= 0.3 is 0 Å². The second-order valence-corrected chi connectivity index (χ2v) is 12.5. The molecule has 0 unspecified atom stereocenters. The van der Waals surface area contributed by atoms with Crippen molar-refractivity contribution in [1.82, 2.24) is 0 Å². The molecule has 3 rings (SSSR count). The molecule has 0 amide bonds. The monoisotopic (exact) mass is 410 g/mol. The Morgan fingerprint density at radius 3 is 1.63 bits per heavy atom. The maximum atomic E-state index is 6.83. The lowest BCUT2D eigenvalue weighted by Gasteiger charge is -2.48. The fraction of sp³-hybridized carbons (Fsp3) is 0.696. The van der Waals surface area contributed by atoms with Crippen LogP contribution >= 0.6 is 18.9 Å². The lowest BCUT2D eigenvalue weighted by atomic mass is 9.99. The molecule has 2 aliphatic carbocycles. The minimum Gasteiger partial charge on any atom is -0.494 e. The van der Waals surface area contributed by atoms with Crippen LogP contribution in [0.5, 0.6) is 11.5 Å². The normalized spacial score (nSPS) is 19.8. The second-order valence-electron chi connectivity index (χ2n) is 8.04. The van der Waals surface area contributed by atoms with Gasteiger partial charge in [-0.05, 0) is 65.2 Å². The predicted octanol–water partition coefficient (Wildman–Crippen LogP) is 7.15. The molecule has 1 aromatic rings. The van der Waals surface area contributed by atoms with E-state index in [1.54, 1.807) is 0 Å². The van der Waals surface area contributed by atoms with E-state index in [2.05, 4.69) is 17.8 Å². The Kier molecular flexibility index (Phi) is 8.15. The highest BCUT2D eigenvalue weighted by Gasteiger charge is 2.47. The fourth-order valence-corrected chi connectivity index (χ4v) is 11.5. The largest absolute Gasteiger partial charge is 0.494 e. The quantitative estimate of drug-likeness (QED) is 0.334. The minimum absolute atomic E-state index is 0.678. The Morgan fingerprint density at radius 1 is 0.815 bits per heavy atom. The van der Waals surface area contributed by atoms with Crippen molar-refractivity contribution in [2.75, 3.05) is 13.2 Å². The molecule has 1 aromatic carbocycles. The highest BCUT2D eigenvalue weighted by Crippen LogP contribution is 2.74. The molecule has 152 valence electrons. The van der Waals surface area contributed by atoms with Crippen molar-refractivity contribution in [3.63, 3.8) is 0 Å². The molecule has 0 bridgehead atoms. The van der Waals surface area contributed by atoms with Crippen molar-refractivity contribution >= 4 is 24.2 Å². The van der Waals surface area contributed by atoms with E-state index in [0.29, 0.717) is 13.2 Å². The number of ether oxygens (including phenoxy) is 2. The van der Waals surface area contributed by atoms with Crippen LogP contribution < -0.4 is 14.8 Å². The van der Waals surface area contributed by atoms with E-state index in [1.165, 1.54) is 69.5 Å². The zero-order chi connectivity index (χ0) is 19.1. The Hall–Kier alpha value is -0.460. The Balaban J connectivity index is 2.07. The molecule has 2 fully saturated rings. The van der Waals surface area contributed by atoms with E-state index in [9.17, 15) is 0 Å². The SMILES string of the molecule is CCOc1cc(OCC)cc([P+]([CH-]Cl)(C2CCCCC2)C2CCCCC2)c1. The van der Waals surface area contributed by atoms with Gasteiger partial charge < -0.3 is 21.1 Å². The highest BCUT2D eigenvalue weighted by molar-refractivity contribution is 7.87. The van der Waals surface area contributed by atoms with E-state index >= 15 is 0 Å². The molecule has 0 aromatic heterocycles. The minimum atomic E-state index is -1.60. The number of benzene rings is 1. The maximum Gasteiger partial charge on any atom is 0.126 e. The molecule has 0 radical (unpaired) electrons. The molecule has 0 saturated heterocycles. The highest BCUT2D eigenvalue weighted by atomic mass is 35.5. The molecule has 0 spiro atoms. The molecule has 4 heteroatoms. The molecule has 0 N–H and O–H groups in total. The molecular weight excluding hydrogens is 375 g/mol. The molecule has 27 heavy (non-hydrogen) atoms. The van der Waals surface area contributed by atoms with Gasteiger partial charge in [-0.1, -0.05) is 25.7 Å². The molecule has 2 nitrogen and oxygen atoms in total. The topological polar surface area (TPSA) is 18.5 Å². The third kappa shape index (κ3) is 4.76. The third-order valence-electron chi connectivity index (χ3n) is 6.45. The van der Waals surface area contributed by atoms with Crippen LogP contribution in [0.1, 0.15) is 78.1 Å². The average Bonchev–Trinajstić information content (AvgIpc) is 2.71. The van der Waals surface area contributed by atoms with E-state index < -0.39 is 7.26 Å². The first-order valence-corrected chi connectivity index (χ1v) is 13.4. The van der Waals surface area contributed by atoms with E-state index in [-0.39, 0.29) is 0 Å². The first-order chi connectivity index (χ1) is 13.2. The Bertz CT molecular complexity index is 537. The average molecular weight is 411 g/mol. The summed E-state index contributed by atoms with van der Waals surface area (Å²) in [7, 11) is -1.60. The summed E-state index contributed by atoms with van der Waals surface area (Å²) >= 11 is 6.83. The number of rotatable bonds is 8. The van der Waals surface area contributed by atoms with Crippen molar-refractivity contribution in [1.29, 1.82) is 0 Å². The van der Waals surface area contributed by atoms with Crippen LogP contribution in [0.2, 0.25) is 0 Å². The van der Waals surface area contributed by atoms with Crippen molar-refractivity contribution in [2.24, 2.45) is 0 Å². The van der Waals surface area contributed by atoms with Crippen LogP contribution in [0.15, 0.2) is 18.2 Å². The van der Waals surface area contributed by atoms with Crippen LogP contribution in [0.25, 0.3) is 0 Å². The molecular formula is C23H36ClO2P. The van der Waals surface area contributed by atoms with Gasteiger partial charge in [-0.25, -0.2) is 0 Å². The van der Waals surface area contributed by atoms with Crippen molar-refractivity contribution in [3.05, 3.63) is 23.8 Å². The van der Waals surface area contributed by atoms with Crippen LogP contribution in [-0.2, 0) is 0 Å². The Labute approximate surface area is 171 Å². The summed E-state index contributed by atoms with van der Waals surface area (Å²) < 4.78 is 11.9. The second kappa shape index (κ2) is 10.4. The van der Waals surface area contributed by atoms with E-state index in [1.807, 2.05) is 19.9 Å². The smallest absolute Gasteiger partial charge is 0.126 e. The van der Waals surface area contributed by atoms with Gasteiger partial charge in [0.2, 0.25) is 0 Å². The van der Waals surface area contributed by atoms with Crippen molar-refractivity contribution in [3.8, 4) is 11.5 Å². The lowest BCUT2D eigenvalue weighted by molar-refractivity contribution is 0.323. The molecule has 2 aliphatic rings. The first kappa shape index (κ1) is 21.3. The van der Waals surface area contributed by atoms with Gasteiger partial charge in [0.05, 0.1) is 18.5 Å². The van der Waals surface area contributed by atoms with Gasteiger partial charge in [0.25, 0.3) is 0 Å². The summed E-state index contributed by atoms with van der Waals surface area (Å²) in [4.78, 5) is 0. The Morgan fingerprint density at radius 2 is 1.26 bits per heavy atom. The summed E-state index contributed by atoms with van der Waals surface area (Å²) in [6.07, 6.45) is 13.5. The van der Waals surface area contributed by atoms with Crippen LogP contribution in [0.4, 0.5) is 0 Å². The zero-order valence-corrected chi connectivity index (χ0v) is 18.7. The van der Waals surface area contributed by atoms with Crippen LogP contribution in [-0.4, -0.2) is 24.5 Å². The van der Waals surface area contributed by atoms with Gasteiger partial charge in [-0.2, -0.15) is 0 Å². The van der Waals surface area contributed by atoms with Crippen LogP contribution in [0, 0.1) is 5.62 Å². The predicted molar refractivity (Wildman–Crippen MR) is 119 cm³/mol. The molecule has 0 atom stereocenters. The van der Waals surface area contributed by atoms with E-state index in [0.717, 1.165) is 22.8 Å². The summed E-state index contributed by atoms with van der Waals surface area (Å²) in [6.45, 7) is 5.45. The van der Waals surface area contributed by atoms with Gasteiger partial charge in [-0.15, -0.1) is 0 Å². The van der Waals surface area contributed by atoms with Crippen molar-refractivity contribution < 1.29 is 9.47 Å². The molecule has 2 saturated carbocycles. The lowest BCUT2D eigenvalue weighted by Crippen LogP contribution is -2.34. The zero-order valence-electron chi connectivity index (χ0n) is 17.1. The standard InChI is InChI=1S/C23H36ClO2P/c1-3-25-19-15-20(26-4-2)17-23(16-19)27(18-24,21-11-7-5-8-12-21)22-13-9-6-10-14-22/h15-18,21-22H,3-14H2,1-2H3. The van der Waals surface area contributed by atoms with Gasteiger partial charge in [0.1, 0.15) is 11.5 Å². The summed E-state index contributed by atoms with van der Waals surface area (Å²) in [5.74, 6) is 1.88. The number of halogens is 1. The van der Waals surface area contributed by atoms with Gasteiger partial charge in [0, 0.05) is 29.5 Å². The van der Waals surface area contributed by atoms with Gasteiger partial charge in [-0.3, -0.25) is 0 Å². The fourth-order valence-electron chi connectivity index (χ4n) is 5.23. The van der Waals surface area contributed by atoms with Crippen LogP contribution in [0.3, 0.4) is 0 Å². The number of hydrogen-bond acceptors (Lipinski definition) is 2.